The minimum absolute atomic E-state index is 0.354. The minimum atomic E-state index is -1.27. The van der Waals surface area contributed by atoms with E-state index in [0.29, 0.717) is 21.1 Å². The van der Waals surface area contributed by atoms with Crippen molar-refractivity contribution in [3.8, 4) is 0 Å². The quantitative estimate of drug-likeness (QED) is 0.519. The van der Waals surface area contributed by atoms with Gasteiger partial charge in [0.15, 0.2) is 0 Å². The molecular formula is C17H32P+. The van der Waals surface area contributed by atoms with Gasteiger partial charge in [0.2, 0.25) is 0 Å². The van der Waals surface area contributed by atoms with Crippen molar-refractivity contribution in [3.63, 3.8) is 0 Å². The molecule has 0 unspecified atom stereocenters. The van der Waals surface area contributed by atoms with Gasteiger partial charge < -0.3 is 0 Å². The van der Waals surface area contributed by atoms with Crippen LogP contribution in [0.5, 0.6) is 0 Å². The Balaban J connectivity index is 3.57. The standard InChI is InChI=1S/C17H32P/c1-15(2,3)18(16(4,5)6,17(7,8)9)14-12-10-11-13-14/h10-14H,1-9H3/q+1. The molecule has 1 aliphatic rings. The van der Waals surface area contributed by atoms with Crippen LogP contribution in [0.25, 0.3) is 0 Å². The van der Waals surface area contributed by atoms with Gasteiger partial charge in [0.25, 0.3) is 0 Å². The normalized spacial score (nSPS) is 18.7. The maximum Gasteiger partial charge on any atom is 0.108 e. The zero-order valence-electron chi connectivity index (χ0n) is 13.8. The van der Waals surface area contributed by atoms with E-state index in [2.05, 4.69) is 86.6 Å². The molecule has 0 aliphatic heterocycles. The molecule has 0 heterocycles. The second kappa shape index (κ2) is 4.48. The fraction of sp³-hybridized carbons (Fsp3) is 0.765. The summed E-state index contributed by atoms with van der Waals surface area (Å²) in [6.07, 6.45) is 9.36. The van der Waals surface area contributed by atoms with E-state index in [9.17, 15) is 0 Å². The zero-order chi connectivity index (χ0) is 14.4. The molecule has 18 heavy (non-hydrogen) atoms. The first-order valence-corrected chi connectivity index (χ1v) is 8.95. The van der Waals surface area contributed by atoms with E-state index >= 15 is 0 Å². The SMILES string of the molecule is CC(C)(C)[P+](C1C=CC=C1)(C(C)(C)C)C(C)(C)C. The lowest BCUT2D eigenvalue weighted by Gasteiger charge is -2.56. The van der Waals surface area contributed by atoms with Gasteiger partial charge >= 0.3 is 0 Å². The van der Waals surface area contributed by atoms with Crippen LogP contribution < -0.4 is 0 Å². The molecule has 0 bridgehead atoms. The molecule has 0 amide bonds. The van der Waals surface area contributed by atoms with Crippen LogP contribution in [0.2, 0.25) is 0 Å². The first kappa shape index (κ1) is 16.0. The summed E-state index contributed by atoms with van der Waals surface area (Å²) < 4.78 is 0. The van der Waals surface area contributed by atoms with Crippen molar-refractivity contribution in [2.24, 2.45) is 0 Å². The van der Waals surface area contributed by atoms with Crippen LogP contribution in [0.1, 0.15) is 62.3 Å². The summed E-state index contributed by atoms with van der Waals surface area (Å²) in [7, 11) is -1.27. The van der Waals surface area contributed by atoms with Gasteiger partial charge in [0.05, 0.1) is 15.5 Å². The van der Waals surface area contributed by atoms with Gasteiger partial charge in [0.1, 0.15) is 5.66 Å². The average molecular weight is 267 g/mol. The number of rotatable bonds is 1. The van der Waals surface area contributed by atoms with Crippen LogP contribution >= 0.6 is 7.26 Å². The third-order valence-electron chi connectivity index (χ3n) is 4.35. The summed E-state index contributed by atoms with van der Waals surface area (Å²) in [4.78, 5) is 0. The largest absolute Gasteiger partial charge is 0.108 e. The molecule has 1 heteroatoms. The highest BCUT2D eigenvalue weighted by molar-refractivity contribution is 7.81. The van der Waals surface area contributed by atoms with Gasteiger partial charge in [-0.1, -0.05) is 12.2 Å². The summed E-state index contributed by atoms with van der Waals surface area (Å²) in [5, 5.41) is 1.06. The third-order valence-corrected chi connectivity index (χ3v) is 11.9. The molecular weight excluding hydrogens is 235 g/mol. The van der Waals surface area contributed by atoms with Gasteiger partial charge in [-0.05, 0) is 74.5 Å². The fourth-order valence-electron chi connectivity index (χ4n) is 5.04. The lowest BCUT2D eigenvalue weighted by molar-refractivity contribution is 0.612. The average Bonchev–Trinajstić information content (AvgIpc) is 2.48. The van der Waals surface area contributed by atoms with Gasteiger partial charge in [0, 0.05) is 7.26 Å². The molecule has 0 atom stereocenters. The fourth-order valence-corrected chi connectivity index (χ4v) is 14.5. The number of hydrogen-bond acceptors (Lipinski definition) is 0. The Morgan fingerprint density at radius 3 is 1.11 bits per heavy atom. The Kier molecular flexibility index (Phi) is 3.97. The monoisotopic (exact) mass is 267 g/mol. The van der Waals surface area contributed by atoms with Crippen molar-refractivity contribution in [2.45, 2.75) is 83.4 Å². The van der Waals surface area contributed by atoms with Crippen molar-refractivity contribution in [2.75, 3.05) is 0 Å². The van der Waals surface area contributed by atoms with E-state index < -0.39 is 7.26 Å². The van der Waals surface area contributed by atoms with E-state index in [0.717, 1.165) is 0 Å². The van der Waals surface area contributed by atoms with Gasteiger partial charge in [-0.2, -0.15) is 0 Å². The highest BCUT2D eigenvalue weighted by atomic mass is 31.2. The Hall–Kier alpha value is -0.0900. The Morgan fingerprint density at radius 1 is 0.611 bits per heavy atom. The van der Waals surface area contributed by atoms with Crippen molar-refractivity contribution < 1.29 is 0 Å². The molecule has 0 N–H and O–H groups in total. The van der Waals surface area contributed by atoms with Gasteiger partial charge in [-0.3, -0.25) is 0 Å². The number of allylic oxidation sites excluding steroid dienone is 4. The van der Waals surface area contributed by atoms with E-state index in [-0.39, 0.29) is 0 Å². The van der Waals surface area contributed by atoms with Crippen molar-refractivity contribution >= 4 is 7.26 Å². The molecule has 0 saturated carbocycles. The molecule has 104 valence electrons. The van der Waals surface area contributed by atoms with Crippen LogP contribution in [0.3, 0.4) is 0 Å². The molecule has 1 rings (SSSR count). The summed E-state index contributed by atoms with van der Waals surface area (Å²) >= 11 is 0. The molecule has 0 saturated heterocycles. The van der Waals surface area contributed by atoms with Crippen LogP contribution in [-0.2, 0) is 0 Å². The minimum Gasteiger partial charge on any atom is -0.0622 e. The molecule has 1 aliphatic carbocycles. The second-order valence-electron chi connectivity index (χ2n) is 8.50. The third kappa shape index (κ3) is 2.22. The molecule has 0 nitrogen and oxygen atoms in total. The van der Waals surface area contributed by atoms with E-state index in [1.807, 2.05) is 0 Å². The molecule has 0 aromatic rings. The molecule has 0 radical (unpaired) electrons. The van der Waals surface area contributed by atoms with Crippen molar-refractivity contribution in [1.82, 2.24) is 0 Å². The second-order valence-corrected chi connectivity index (χ2v) is 14.6. The molecule has 0 fully saturated rings. The number of hydrogen-bond donors (Lipinski definition) is 0. The van der Waals surface area contributed by atoms with Crippen LogP contribution in [0.4, 0.5) is 0 Å². The zero-order valence-corrected chi connectivity index (χ0v) is 14.7. The Labute approximate surface area is 115 Å². The van der Waals surface area contributed by atoms with Crippen LogP contribution in [0.15, 0.2) is 24.3 Å². The smallest absolute Gasteiger partial charge is 0.0622 e. The highest BCUT2D eigenvalue weighted by Gasteiger charge is 2.67. The van der Waals surface area contributed by atoms with E-state index in [4.69, 9.17) is 0 Å². The Morgan fingerprint density at radius 2 is 0.889 bits per heavy atom. The van der Waals surface area contributed by atoms with Gasteiger partial charge in [-0.25, -0.2) is 0 Å². The lowest BCUT2D eigenvalue weighted by Crippen LogP contribution is -2.48. The van der Waals surface area contributed by atoms with E-state index in [1.165, 1.54) is 0 Å². The van der Waals surface area contributed by atoms with Gasteiger partial charge in [-0.15, -0.1) is 0 Å². The van der Waals surface area contributed by atoms with Crippen LogP contribution in [0, 0.1) is 0 Å². The first-order chi connectivity index (χ1) is 7.86. The highest BCUT2D eigenvalue weighted by Crippen LogP contribution is 2.86. The summed E-state index contributed by atoms with van der Waals surface area (Å²) in [6, 6.07) is 0. The predicted octanol–water partition coefficient (Wildman–Crippen LogP) is 5.89. The van der Waals surface area contributed by atoms with Crippen LogP contribution in [-0.4, -0.2) is 21.1 Å². The van der Waals surface area contributed by atoms with Crippen molar-refractivity contribution in [3.05, 3.63) is 24.3 Å². The van der Waals surface area contributed by atoms with E-state index in [1.54, 1.807) is 0 Å². The lowest BCUT2D eigenvalue weighted by atomic mass is 10.2. The first-order valence-electron chi connectivity index (χ1n) is 7.10. The maximum absolute atomic E-state index is 2.46. The molecule has 0 spiro atoms. The topological polar surface area (TPSA) is 0 Å². The Bertz CT molecular complexity index is 305. The summed E-state index contributed by atoms with van der Waals surface area (Å²) in [5.41, 5.74) is 0.637. The molecule has 0 aromatic heterocycles. The van der Waals surface area contributed by atoms with Crippen molar-refractivity contribution in [1.29, 1.82) is 0 Å². The summed E-state index contributed by atoms with van der Waals surface area (Å²) in [6.45, 7) is 22.1. The maximum atomic E-state index is 2.46. The molecule has 0 aromatic carbocycles. The summed E-state index contributed by atoms with van der Waals surface area (Å²) in [5.74, 6) is 0. The predicted molar refractivity (Wildman–Crippen MR) is 88.2 cm³/mol.